The lowest BCUT2D eigenvalue weighted by atomic mass is 9.96. The maximum absolute atomic E-state index is 10.8. The van der Waals surface area contributed by atoms with Gasteiger partial charge in [0, 0.05) is 23.3 Å². The largest absolute Gasteiger partial charge is 0.505 e. The van der Waals surface area contributed by atoms with Crippen LogP contribution in [0, 0.1) is 0 Å². The van der Waals surface area contributed by atoms with Crippen LogP contribution in [0.2, 0.25) is 0 Å². The van der Waals surface area contributed by atoms with Gasteiger partial charge < -0.3 is 10.4 Å². The Morgan fingerprint density at radius 3 is 2.71 bits per heavy atom. The van der Waals surface area contributed by atoms with Crippen LogP contribution in [0.25, 0.3) is 10.9 Å². The maximum atomic E-state index is 10.8. The van der Waals surface area contributed by atoms with E-state index in [1.165, 1.54) is 0 Å². The number of nitrogens with one attached hydrogen (secondary N) is 1. The number of phenolic OH excluding ortho intramolecular Hbond substituents is 1. The van der Waals surface area contributed by atoms with E-state index in [-0.39, 0.29) is 11.8 Å². The molecule has 0 radical (unpaired) electrons. The van der Waals surface area contributed by atoms with Crippen LogP contribution in [0.4, 0.5) is 5.82 Å². The van der Waals surface area contributed by atoms with Gasteiger partial charge in [0.2, 0.25) is 0 Å². The number of fused-ring (bicyclic) bond motifs is 1. The standard InChI is InChI=1S/C20H21N3O/c1-3-7-14(2)18(23-17-9-4-5-12-21-17)16-11-10-15-8-6-13-22-19(15)20(16)24/h4-13,18,24H,3H2,1-2H3,(H,21,23)/b14-7-. The molecule has 0 aliphatic rings. The van der Waals surface area contributed by atoms with Crippen molar-refractivity contribution in [2.45, 2.75) is 26.3 Å². The summed E-state index contributed by atoms with van der Waals surface area (Å²) in [5.41, 5.74) is 2.55. The van der Waals surface area contributed by atoms with Gasteiger partial charge in [-0.25, -0.2) is 4.98 Å². The van der Waals surface area contributed by atoms with Crippen molar-refractivity contribution in [1.29, 1.82) is 0 Å². The smallest absolute Gasteiger partial charge is 0.147 e. The van der Waals surface area contributed by atoms with Crippen molar-refractivity contribution in [3.05, 3.63) is 72.1 Å². The van der Waals surface area contributed by atoms with Crippen LogP contribution in [0.1, 0.15) is 31.9 Å². The highest BCUT2D eigenvalue weighted by atomic mass is 16.3. The Balaban J connectivity index is 2.08. The number of aromatic nitrogens is 2. The van der Waals surface area contributed by atoms with E-state index in [0.717, 1.165) is 28.8 Å². The fourth-order valence-corrected chi connectivity index (χ4v) is 2.85. The summed E-state index contributed by atoms with van der Waals surface area (Å²) >= 11 is 0. The third-order valence-electron chi connectivity index (χ3n) is 4.03. The Morgan fingerprint density at radius 2 is 1.96 bits per heavy atom. The first-order valence-corrected chi connectivity index (χ1v) is 8.11. The van der Waals surface area contributed by atoms with Crippen molar-refractivity contribution in [3.63, 3.8) is 0 Å². The van der Waals surface area contributed by atoms with E-state index in [1.54, 1.807) is 12.4 Å². The second kappa shape index (κ2) is 7.13. The zero-order chi connectivity index (χ0) is 16.9. The monoisotopic (exact) mass is 319 g/mol. The lowest BCUT2D eigenvalue weighted by Gasteiger charge is -2.22. The molecule has 2 N–H and O–H groups in total. The molecule has 0 fully saturated rings. The van der Waals surface area contributed by atoms with Crippen LogP contribution < -0.4 is 5.32 Å². The van der Waals surface area contributed by atoms with Crippen molar-refractivity contribution in [2.75, 3.05) is 5.32 Å². The summed E-state index contributed by atoms with van der Waals surface area (Å²) in [7, 11) is 0. The average molecular weight is 319 g/mol. The van der Waals surface area contributed by atoms with Crippen LogP contribution in [-0.2, 0) is 0 Å². The third-order valence-corrected chi connectivity index (χ3v) is 4.03. The molecule has 1 aromatic carbocycles. The van der Waals surface area contributed by atoms with Crippen LogP contribution in [0.15, 0.2) is 66.5 Å². The number of nitrogens with zero attached hydrogens (tertiary/aromatic N) is 2. The van der Waals surface area contributed by atoms with Crippen LogP contribution in [-0.4, -0.2) is 15.1 Å². The van der Waals surface area contributed by atoms with E-state index in [4.69, 9.17) is 0 Å². The highest BCUT2D eigenvalue weighted by molar-refractivity contribution is 5.85. The van der Waals surface area contributed by atoms with Crippen LogP contribution in [0.5, 0.6) is 5.75 Å². The van der Waals surface area contributed by atoms with Gasteiger partial charge in [-0.2, -0.15) is 0 Å². The third kappa shape index (κ3) is 3.23. The summed E-state index contributed by atoms with van der Waals surface area (Å²) in [5, 5.41) is 15.1. The van der Waals surface area contributed by atoms with Crippen molar-refractivity contribution < 1.29 is 5.11 Å². The molecule has 4 heteroatoms. The first-order valence-electron chi connectivity index (χ1n) is 8.11. The fraction of sp³-hybridized carbons (Fsp3) is 0.200. The van der Waals surface area contributed by atoms with E-state index >= 15 is 0 Å². The topological polar surface area (TPSA) is 58.0 Å². The molecule has 0 spiro atoms. The van der Waals surface area contributed by atoms with Gasteiger partial charge >= 0.3 is 0 Å². The first kappa shape index (κ1) is 16.0. The van der Waals surface area contributed by atoms with Gasteiger partial charge in [-0.3, -0.25) is 4.98 Å². The van der Waals surface area contributed by atoms with Gasteiger partial charge in [-0.05, 0) is 31.5 Å². The molecule has 122 valence electrons. The number of hydrogen-bond donors (Lipinski definition) is 2. The van der Waals surface area contributed by atoms with E-state index in [9.17, 15) is 5.11 Å². The number of benzene rings is 1. The average Bonchev–Trinajstić information content (AvgIpc) is 2.62. The quantitative estimate of drug-likeness (QED) is 0.660. The van der Waals surface area contributed by atoms with E-state index < -0.39 is 0 Å². The molecule has 3 rings (SSSR count). The summed E-state index contributed by atoms with van der Waals surface area (Å²) in [6.45, 7) is 4.16. The molecule has 4 nitrogen and oxygen atoms in total. The van der Waals surface area contributed by atoms with Crippen LogP contribution >= 0.6 is 0 Å². The molecular weight excluding hydrogens is 298 g/mol. The molecule has 0 amide bonds. The minimum Gasteiger partial charge on any atom is -0.505 e. The molecule has 0 bridgehead atoms. The first-order chi connectivity index (χ1) is 11.7. The second-order valence-electron chi connectivity index (χ2n) is 5.73. The van der Waals surface area contributed by atoms with E-state index in [1.807, 2.05) is 42.5 Å². The number of aromatic hydroxyl groups is 1. The van der Waals surface area contributed by atoms with E-state index in [0.29, 0.717) is 5.52 Å². The van der Waals surface area contributed by atoms with Crippen LogP contribution in [0.3, 0.4) is 0 Å². The second-order valence-corrected chi connectivity index (χ2v) is 5.73. The van der Waals surface area contributed by atoms with Gasteiger partial charge in [0.25, 0.3) is 0 Å². The molecule has 24 heavy (non-hydrogen) atoms. The zero-order valence-electron chi connectivity index (χ0n) is 13.9. The van der Waals surface area contributed by atoms with Gasteiger partial charge in [0.15, 0.2) is 0 Å². The Kier molecular flexibility index (Phi) is 4.75. The number of allylic oxidation sites excluding steroid dienone is 1. The lowest BCUT2D eigenvalue weighted by molar-refractivity contribution is 0.471. The number of phenols is 1. The SMILES string of the molecule is CC/C=C(/C)C(Nc1ccccn1)c1ccc2cccnc2c1O. The van der Waals surface area contributed by atoms with Gasteiger partial charge in [0.05, 0.1) is 6.04 Å². The van der Waals surface area contributed by atoms with Crippen molar-refractivity contribution in [1.82, 2.24) is 9.97 Å². The Morgan fingerprint density at radius 1 is 1.12 bits per heavy atom. The molecule has 0 saturated carbocycles. The molecule has 1 unspecified atom stereocenters. The Labute approximate surface area is 141 Å². The fourth-order valence-electron chi connectivity index (χ4n) is 2.85. The molecule has 3 aromatic rings. The Bertz CT molecular complexity index is 859. The zero-order valence-corrected chi connectivity index (χ0v) is 13.9. The van der Waals surface area contributed by atoms with Gasteiger partial charge in [-0.1, -0.05) is 42.8 Å². The van der Waals surface area contributed by atoms with E-state index in [2.05, 4.69) is 35.2 Å². The normalized spacial score (nSPS) is 13.0. The van der Waals surface area contributed by atoms with Gasteiger partial charge in [-0.15, -0.1) is 0 Å². The van der Waals surface area contributed by atoms with Gasteiger partial charge in [0.1, 0.15) is 17.1 Å². The number of hydrogen-bond acceptors (Lipinski definition) is 4. The van der Waals surface area contributed by atoms with Crippen molar-refractivity contribution >= 4 is 16.7 Å². The summed E-state index contributed by atoms with van der Waals surface area (Å²) in [6, 6.07) is 13.3. The van der Waals surface area contributed by atoms with Crippen molar-refractivity contribution in [2.24, 2.45) is 0 Å². The molecule has 0 aliphatic heterocycles. The predicted octanol–water partition coefficient (Wildman–Crippen LogP) is 4.84. The summed E-state index contributed by atoms with van der Waals surface area (Å²) in [5.74, 6) is 0.984. The molecular formula is C20H21N3O. The minimum absolute atomic E-state index is 0.161. The molecule has 0 aliphatic carbocycles. The molecule has 2 heterocycles. The molecule has 2 aromatic heterocycles. The predicted molar refractivity (Wildman–Crippen MR) is 98.1 cm³/mol. The summed E-state index contributed by atoms with van der Waals surface area (Å²) in [4.78, 5) is 8.67. The van der Waals surface area contributed by atoms with Crippen molar-refractivity contribution in [3.8, 4) is 5.75 Å². The summed E-state index contributed by atoms with van der Waals surface area (Å²) < 4.78 is 0. The number of pyridine rings is 2. The number of anilines is 1. The maximum Gasteiger partial charge on any atom is 0.147 e. The number of rotatable bonds is 5. The highest BCUT2D eigenvalue weighted by Crippen LogP contribution is 2.36. The minimum atomic E-state index is -0.161. The summed E-state index contributed by atoms with van der Waals surface area (Å²) in [6.07, 6.45) is 6.53. The highest BCUT2D eigenvalue weighted by Gasteiger charge is 2.19. The molecule has 0 saturated heterocycles. The lowest BCUT2D eigenvalue weighted by Crippen LogP contribution is -2.13. The Hall–Kier alpha value is -2.88. The molecule has 1 atom stereocenters.